The zero-order valence-corrected chi connectivity index (χ0v) is 35.2. The molecule has 0 spiro atoms. The number of halogens is 2. The molecule has 0 unspecified atom stereocenters. The van der Waals surface area contributed by atoms with Crippen molar-refractivity contribution >= 4 is 44.6 Å². The number of allylic oxidation sites excluding steroid dienone is 1. The minimum atomic E-state index is -4.09. The molecule has 0 radical (unpaired) electrons. The van der Waals surface area contributed by atoms with Gasteiger partial charge < -0.3 is 24.8 Å². The summed E-state index contributed by atoms with van der Waals surface area (Å²) in [7, 11) is -4.09. The molecule has 4 heterocycles. The first-order chi connectivity index (χ1) is 27.6. The molecule has 3 aliphatic heterocycles. The van der Waals surface area contributed by atoms with Crippen molar-refractivity contribution in [3.63, 3.8) is 0 Å². The van der Waals surface area contributed by atoms with Crippen LogP contribution in [0.25, 0.3) is 10.8 Å². The van der Waals surface area contributed by atoms with Crippen LogP contribution in [0, 0.1) is 17.8 Å². The number of sulfonamides is 1. The van der Waals surface area contributed by atoms with Crippen molar-refractivity contribution in [2.24, 2.45) is 17.8 Å². The van der Waals surface area contributed by atoms with E-state index in [1.807, 2.05) is 37.3 Å². The molecule has 7 atom stereocenters. The van der Waals surface area contributed by atoms with Gasteiger partial charge in [-0.1, -0.05) is 44.2 Å². The van der Waals surface area contributed by atoms with Crippen LogP contribution >= 0.6 is 0 Å². The molecule has 322 valence electrons. The zero-order valence-electron chi connectivity index (χ0n) is 34.4. The van der Waals surface area contributed by atoms with E-state index in [1.54, 1.807) is 19.9 Å². The first-order valence-corrected chi connectivity index (χ1v) is 22.1. The van der Waals surface area contributed by atoms with Gasteiger partial charge in [0.05, 0.1) is 23.6 Å². The van der Waals surface area contributed by atoms with E-state index in [0.717, 1.165) is 25.7 Å². The summed E-state index contributed by atoms with van der Waals surface area (Å²) in [5.41, 5.74) is -3.34. The first kappa shape index (κ1) is 42.6. The molecule has 5 aliphatic rings. The normalized spacial score (nSPS) is 29.7. The topological polar surface area (TPSA) is 185 Å². The summed E-state index contributed by atoms with van der Waals surface area (Å²) in [6.45, 7) is 8.18. The van der Waals surface area contributed by atoms with Crippen LogP contribution in [-0.2, 0) is 30.8 Å². The van der Waals surface area contributed by atoms with E-state index in [1.165, 1.54) is 4.90 Å². The van der Waals surface area contributed by atoms with Crippen LogP contribution in [0.4, 0.5) is 13.6 Å². The van der Waals surface area contributed by atoms with E-state index >= 15 is 13.6 Å². The average Bonchev–Trinajstić information content (AvgIpc) is 4.04. The quantitative estimate of drug-likeness (QED) is 0.284. The zero-order chi connectivity index (χ0) is 42.9. The standard InChI is InChI=1S/C42H55F2N5O9S/c1-24-12-7-8-13-26-22-42(26,37(52)47-59(55,56)40(5)17-18-40)46-34(50)31-21-27(58-35-29-15-10-9-14-28(29)33-30(45-35)16-11-19-57-33)23-48(31)36(51)32(25(2)20-24)49(38(53)54)39(3,4)41(6,43)44/h8-10,13-15,24-27,31-32H,7,11-12,16-23H2,1-6H3,(H,46,50)(H,47,52)(H,53,54)/t24-,25-,26-,27-,31+,32+,42-/m1/s1. The van der Waals surface area contributed by atoms with E-state index in [-0.39, 0.29) is 31.2 Å². The van der Waals surface area contributed by atoms with Crippen molar-refractivity contribution in [3.05, 3.63) is 42.1 Å². The van der Waals surface area contributed by atoms with Gasteiger partial charge in [-0.05, 0) is 90.0 Å². The van der Waals surface area contributed by atoms with Gasteiger partial charge in [0.1, 0.15) is 35.0 Å². The van der Waals surface area contributed by atoms with E-state index in [2.05, 4.69) is 10.0 Å². The number of amides is 4. The molecule has 2 aliphatic carbocycles. The molecule has 4 amide bonds. The Morgan fingerprint density at radius 2 is 1.81 bits per heavy atom. The number of carbonyl (C=O) groups is 4. The fourth-order valence-corrected chi connectivity index (χ4v) is 10.2. The van der Waals surface area contributed by atoms with Gasteiger partial charge >= 0.3 is 6.09 Å². The second-order valence-corrected chi connectivity index (χ2v) is 20.4. The number of rotatable bonds is 8. The predicted molar refractivity (Wildman–Crippen MR) is 213 cm³/mol. The lowest BCUT2D eigenvalue weighted by Crippen LogP contribution is -2.66. The van der Waals surface area contributed by atoms with Crippen molar-refractivity contribution in [1.29, 1.82) is 0 Å². The highest BCUT2D eigenvalue weighted by Gasteiger charge is 2.63. The maximum absolute atomic E-state index is 15.4. The molecule has 3 fully saturated rings. The van der Waals surface area contributed by atoms with E-state index in [0.29, 0.717) is 73.8 Å². The summed E-state index contributed by atoms with van der Waals surface area (Å²) in [5.74, 6) is -6.67. The molecule has 59 heavy (non-hydrogen) atoms. The number of carbonyl (C=O) groups excluding carboxylic acids is 3. The number of nitrogens with zero attached hydrogens (tertiary/aromatic N) is 3. The molecule has 2 aromatic rings. The number of aromatic nitrogens is 1. The van der Waals surface area contributed by atoms with Gasteiger partial charge in [-0.15, -0.1) is 0 Å². The Labute approximate surface area is 343 Å². The largest absolute Gasteiger partial charge is 0.491 e. The SMILES string of the molecule is C[C@@H]1CCC=C[C@@H]2C[C@@]2(C(=O)NS(=O)(=O)C2(C)CC2)NC(=O)[C@@H]2C[C@@H](Oc3nc4c(c5ccccc35)OCCC4)CN2C(=O)[C@@H](N(C(=O)O)C(C)(C)C(C)(F)F)[C@H](C)C1. The summed E-state index contributed by atoms with van der Waals surface area (Å²) in [6, 6.07) is 4.36. The molecular weight excluding hydrogens is 789 g/mol. The Morgan fingerprint density at radius 3 is 2.47 bits per heavy atom. The van der Waals surface area contributed by atoms with Gasteiger partial charge in [0.2, 0.25) is 27.7 Å². The second-order valence-electron chi connectivity index (χ2n) is 18.2. The van der Waals surface area contributed by atoms with Gasteiger partial charge in [0.25, 0.3) is 11.8 Å². The summed E-state index contributed by atoms with van der Waals surface area (Å²) < 4.78 is 71.0. The number of hydrogen-bond acceptors (Lipinski definition) is 9. The number of benzene rings is 1. The number of carboxylic acid groups (broad SMARTS) is 1. The molecule has 2 saturated carbocycles. The molecule has 17 heteroatoms. The Bertz CT molecular complexity index is 2170. The van der Waals surface area contributed by atoms with E-state index in [4.69, 9.17) is 14.5 Å². The monoisotopic (exact) mass is 843 g/mol. The average molecular weight is 844 g/mol. The number of nitrogens with one attached hydrogen (secondary N) is 2. The summed E-state index contributed by atoms with van der Waals surface area (Å²) in [5, 5.41) is 14.9. The number of ether oxygens (including phenoxy) is 2. The van der Waals surface area contributed by atoms with Gasteiger partial charge in [-0.25, -0.2) is 27.0 Å². The molecule has 1 saturated heterocycles. The van der Waals surface area contributed by atoms with Crippen molar-refractivity contribution < 1.29 is 51.0 Å². The number of hydrogen-bond donors (Lipinski definition) is 3. The van der Waals surface area contributed by atoms with Crippen LogP contribution in [0.5, 0.6) is 11.6 Å². The summed E-state index contributed by atoms with van der Waals surface area (Å²) in [4.78, 5) is 63.6. The third-order valence-corrected chi connectivity index (χ3v) is 15.5. The van der Waals surface area contributed by atoms with Gasteiger partial charge in [0.15, 0.2) is 0 Å². The highest BCUT2D eigenvalue weighted by Crippen LogP contribution is 2.48. The lowest BCUT2D eigenvalue weighted by molar-refractivity contribution is -0.156. The smallest absolute Gasteiger partial charge is 0.408 e. The highest BCUT2D eigenvalue weighted by atomic mass is 32.2. The summed E-state index contributed by atoms with van der Waals surface area (Å²) >= 11 is 0. The maximum atomic E-state index is 15.4. The lowest BCUT2D eigenvalue weighted by Gasteiger charge is -2.47. The van der Waals surface area contributed by atoms with Crippen LogP contribution < -0.4 is 19.5 Å². The van der Waals surface area contributed by atoms with Gasteiger partial charge in [0, 0.05) is 30.0 Å². The Morgan fingerprint density at radius 1 is 1.12 bits per heavy atom. The highest BCUT2D eigenvalue weighted by molar-refractivity contribution is 7.91. The van der Waals surface area contributed by atoms with Crippen LogP contribution in [0.1, 0.15) is 98.6 Å². The van der Waals surface area contributed by atoms with Gasteiger partial charge in [-0.2, -0.15) is 0 Å². The predicted octanol–water partition coefficient (Wildman–Crippen LogP) is 5.58. The number of aryl methyl sites for hydroxylation is 1. The molecule has 1 aromatic carbocycles. The van der Waals surface area contributed by atoms with Crippen molar-refractivity contribution in [3.8, 4) is 11.6 Å². The third kappa shape index (κ3) is 7.83. The second kappa shape index (κ2) is 15.2. The Hall–Kier alpha value is -4.54. The molecule has 0 bridgehead atoms. The van der Waals surface area contributed by atoms with Crippen LogP contribution in [0.2, 0.25) is 0 Å². The number of pyridine rings is 1. The summed E-state index contributed by atoms with van der Waals surface area (Å²) in [6.07, 6.45) is 4.55. The van der Waals surface area contributed by atoms with Crippen molar-refractivity contribution in [2.45, 2.75) is 139 Å². The Kier molecular flexibility index (Phi) is 11.0. The Balaban J connectivity index is 1.30. The van der Waals surface area contributed by atoms with E-state index < -0.39 is 85.6 Å². The van der Waals surface area contributed by atoms with Crippen LogP contribution in [0.15, 0.2) is 36.4 Å². The van der Waals surface area contributed by atoms with Crippen LogP contribution in [0.3, 0.4) is 0 Å². The number of fused-ring (bicyclic) bond motifs is 5. The lowest BCUT2D eigenvalue weighted by atomic mass is 9.84. The molecular formula is C42H55F2N5O9S. The first-order valence-electron chi connectivity index (χ1n) is 20.6. The van der Waals surface area contributed by atoms with Gasteiger partial charge in [-0.3, -0.25) is 24.0 Å². The molecule has 7 rings (SSSR count). The minimum Gasteiger partial charge on any atom is -0.491 e. The number of alkyl halides is 2. The molecule has 1 aromatic heterocycles. The van der Waals surface area contributed by atoms with Crippen LogP contribution in [-0.4, -0.2) is 105 Å². The minimum absolute atomic E-state index is 0.0924. The van der Waals surface area contributed by atoms with Crippen molar-refractivity contribution in [1.82, 2.24) is 24.8 Å². The fraction of sp³-hybridized carbons (Fsp3) is 0.643. The fourth-order valence-electron chi connectivity index (χ4n) is 8.91. The molecule has 14 nitrogen and oxygen atoms in total. The molecule has 3 N–H and O–H groups in total. The van der Waals surface area contributed by atoms with Crippen molar-refractivity contribution in [2.75, 3.05) is 13.2 Å². The maximum Gasteiger partial charge on any atom is 0.408 e. The third-order valence-electron chi connectivity index (χ3n) is 13.3. The van der Waals surface area contributed by atoms with E-state index in [9.17, 15) is 27.9 Å².